The zero-order valence-corrected chi connectivity index (χ0v) is 10.6. The molecule has 6 nitrogen and oxygen atoms in total. The molecule has 2 aromatic rings. The molecule has 1 unspecified atom stereocenters. The largest absolute Gasteiger partial charge is 0.381 e. The maximum Gasteiger partial charge on any atom is 0.249 e. The number of anilines is 3. The molecule has 0 aliphatic carbocycles. The Morgan fingerprint density at radius 3 is 2.89 bits per heavy atom. The molecule has 1 aliphatic rings. The second-order valence-corrected chi connectivity index (χ2v) is 4.49. The van der Waals surface area contributed by atoms with Crippen LogP contribution in [0, 0.1) is 0 Å². The highest BCUT2D eigenvalue weighted by atomic mass is 16.2. The number of fused-ring (bicyclic) bond motifs is 1. The molecule has 1 aromatic carbocycles. The fraction of sp³-hybridized carbons (Fsp3) is 0.231. The molecule has 3 N–H and O–H groups in total. The van der Waals surface area contributed by atoms with E-state index in [1.807, 2.05) is 31.3 Å². The van der Waals surface area contributed by atoms with Crippen molar-refractivity contribution in [1.29, 1.82) is 0 Å². The van der Waals surface area contributed by atoms with E-state index in [9.17, 15) is 4.79 Å². The molecule has 0 bridgehead atoms. The van der Waals surface area contributed by atoms with Gasteiger partial charge in [0, 0.05) is 25.9 Å². The minimum absolute atomic E-state index is 0.0966. The van der Waals surface area contributed by atoms with Crippen LogP contribution in [-0.4, -0.2) is 28.3 Å². The first-order valence-corrected chi connectivity index (χ1v) is 6.12. The van der Waals surface area contributed by atoms with Gasteiger partial charge in [-0.05, 0) is 12.1 Å². The Balaban J connectivity index is 1.69. The van der Waals surface area contributed by atoms with Gasteiger partial charge in [0.15, 0.2) is 5.82 Å². The first-order valence-electron chi connectivity index (χ1n) is 6.12. The Morgan fingerprint density at radius 1 is 1.37 bits per heavy atom. The zero-order chi connectivity index (χ0) is 13.2. The van der Waals surface area contributed by atoms with E-state index in [0.29, 0.717) is 12.4 Å². The Kier molecular flexibility index (Phi) is 2.83. The summed E-state index contributed by atoms with van der Waals surface area (Å²) >= 11 is 0. The normalized spacial score (nSPS) is 17.0. The van der Waals surface area contributed by atoms with Gasteiger partial charge in [0.05, 0.1) is 11.4 Å². The molecule has 0 saturated carbocycles. The Hall–Kier alpha value is -2.50. The van der Waals surface area contributed by atoms with Crippen molar-refractivity contribution in [3.05, 3.63) is 36.5 Å². The van der Waals surface area contributed by atoms with Gasteiger partial charge < -0.3 is 16.0 Å². The summed E-state index contributed by atoms with van der Waals surface area (Å²) in [6, 6.07) is 9.28. The molecule has 2 heterocycles. The van der Waals surface area contributed by atoms with Crippen LogP contribution in [0.5, 0.6) is 0 Å². The topological polar surface area (TPSA) is 71.0 Å². The molecule has 0 fully saturated rings. The fourth-order valence-electron chi connectivity index (χ4n) is 2.07. The highest BCUT2D eigenvalue weighted by molar-refractivity contribution is 5.97. The Labute approximate surface area is 110 Å². The van der Waals surface area contributed by atoms with Gasteiger partial charge in [-0.15, -0.1) is 0 Å². The van der Waals surface area contributed by atoms with Crippen LogP contribution < -0.4 is 16.0 Å². The lowest BCUT2D eigenvalue weighted by Gasteiger charge is -2.27. The van der Waals surface area contributed by atoms with E-state index in [1.165, 1.54) is 0 Å². The van der Waals surface area contributed by atoms with Crippen molar-refractivity contribution in [2.75, 3.05) is 22.5 Å². The average Bonchev–Trinajstić information content (AvgIpc) is 2.83. The van der Waals surface area contributed by atoms with Crippen LogP contribution in [-0.2, 0) is 11.8 Å². The van der Waals surface area contributed by atoms with Gasteiger partial charge in [0.25, 0.3) is 0 Å². The van der Waals surface area contributed by atoms with Gasteiger partial charge in [0.1, 0.15) is 6.04 Å². The number of hydrogen-bond donors (Lipinski definition) is 3. The number of nitrogens with zero attached hydrogens (tertiary/aromatic N) is 2. The number of hydrogen-bond acceptors (Lipinski definition) is 4. The zero-order valence-electron chi connectivity index (χ0n) is 10.6. The molecular formula is C13H15N5O. The van der Waals surface area contributed by atoms with E-state index in [0.717, 1.165) is 11.4 Å². The lowest BCUT2D eigenvalue weighted by atomic mass is 10.1. The SMILES string of the molecule is Cn1ccc(NC(=O)C2CNc3ccccc3N2)n1. The highest BCUT2D eigenvalue weighted by Crippen LogP contribution is 2.25. The van der Waals surface area contributed by atoms with Crippen molar-refractivity contribution in [3.8, 4) is 0 Å². The number of amides is 1. The number of carbonyl (C=O) groups is 1. The predicted octanol–water partition coefficient (Wildman–Crippen LogP) is 1.26. The van der Waals surface area contributed by atoms with Crippen LogP contribution in [0.4, 0.5) is 17.2 Å². The molecule has 19 heavy (non-hydrogen) atoms. The molecule has 1 aliphatic heterocycles. The van der Waals surface area contributed by atoms with Gasteiger partial charge >= 0.3 is 0 Å². The minimum atomic E-state index is -0.308. The third-order valence-corrected chi connectivity index (χ3v) is 3.03. The number of para-hydroxylation sites is 2. The molecule has 0 radical (unpaired) electrons. The smallest absolute Gasteiger partial charge is 0.249 e. The van der Waals surface area contributed by atoms with Crippen molar-refractivity contribution >= 4 is 23.1 Å². The summed E-state index contributed by atoms with van der Waals surface area (Å²) in [5.74, 6) is 0.467. The van der Waals surface area contributed by atoms with Crippen LogP contribution in [0.2, 0.25) is 0 Å². The second-order valence-electron chi connectivity index (χ2n) is 4.49. The molecule has 0 saturated heterocycles. The molecule has 98 valence electrons. The van der Waals surface area contributed by atoms with Crippen LogP contribution in [0.3, 0.4) is 0 Å². The van der Waals surface area contributed by atoms with E-state index in [4.69, 9.17) is 0 Å². The van der Waals surface area contributed by atoms with E-state index in [1.54, 1.807) is 16.9 Å². The van der Waals surface area contributed by atoms with Gasteiger partial charge in [-0.2, -0.15) is 5.10 Å². The van der Waals surface area contributed by atoms with Gasteiger partial charge in [0.2, 0.25) is 5.91 Å². The fourth-order valence-corrected chi connectivity index (χ4v) is 2.07. The molecular weight excluding hydrogens is 242 g/mol. The number of nitrogens with one attached hydrogen (secondary N) is 3. The first kappa shape index (κ1) is 11.6. The van der Waals surface area contributed by atoms with Crippen molar-refractivity contribution in [3.63, 3.8) is 0 Å². The summed E-state index contributed by atoms with van der Waals surface area (Å²) in [4.78, 5) is 12.1. The van der Waals surface area contributed by atoms with Gasteiger partial charge in [-0.3, -0.25) is 9.48 Å². The molecule has 1 aromatic heterocycles. The van der Waals surface area contributed by atoms with E-state index in [2.05, 4.69) is 21.0 Å². The van der Waals surface area contributed by atoms with Crippen molar-refractivity contribution < 1.29 is 4.79 Å². The maximum absolute atomic E-state index is 12.1. The highest BCUT2D eigenvalue weighted by Gasteiger charge is 2.23. The van der Waals surface area contributed by atoms with Crippen LogP contribution in [0.25, 0.3) is 0 Å². The molecule has 1 atom stereocenters. The minimum Gasteiger partial charge on any atom is -0.381 e. The second kappa shape index (κ2) is 4.64. The molecule has 0 spiro atoms. The summed E-state index contributed by atoms with van der Waals surface area (Å²) in [6.07, 6.45) is 1.79. The number of benzene rings is 1. The lowest BCUT2D eigenvalue weighted by Crippen LogP contribution is -2.42. The third-order valence-electron chi connectivity index (χ3n) is 3.03. The quantitative estimate of drug-likeness (QED) is 0.757. The van der Waals surface area contributed by atoms with Gasteiger partial charge in [-0.1, -0.05) is 12.1 Å². The summed E-state index contributed by atoms with van der Waals surface area (Å²) < 4.78 is 1.65. The van der Waals surface area contributed by atoms with Crippen LogP contribution in [0.1, 0.15) is 0 Å². The molecule has 1 amide bonds. The Morgan fingerprint density at radius 2 is 2.16 bits per heavy atom. The van der Waals surface area contributed by atoms with E-state index >= 15 is 0 Å². The summed E-state index contributed by atoms with van der Waals surface area (Å²) in [5.41, 5.74) is 1.96. The summed E-state index contributed by atoms with van der Waals surface area (Å²) in [7, 11) is 1.81. The standard InChI is InChI=1S/C13H15N5O/c1-18-7-6-12(17-18)16-13(19)11-8-14-9-4-2-3-5-10(9)15-11/h2-7,11,14-15H,8H2,1H3,(H,16,17,19). The monoisotopic (exact) mass is 257 g/mol. The average molecular weight is 257 g/mol. The van der Waals surface area contributed by atoms with Gasteiger partial charge in [-0.25, -0.2) is 0 Å². The predicted molar refractivity (Wildman–Crippen MR) is 74.2 cm³/mol. The maximum atomic E-state index is 12.1. The van der Waals surface area contributed by atoms with Crippen LogP contribution in [0.15, 0.2) is 36.5 Å². The molecule has 6 heteroatoms. The van der Waals surface area contributed by atoms with Crippen LogP contribution >= 0.6 is 0 Å². The summed E-state index contributed by atoms with van der Waals surface area (Å²) in [5, 5.41) is 13.4. The number of aromatic nitrogens is 2. The first-order chi connectivity index (χ1) is 9.22. The summed E-state index contributed by atoms with van der Waals surface area (Å²) in [6.45, 7) is 0.551. The van der Waals surface area contributed by atoms with Crippen molar-refractivity contribution in [2.24, 2.45) is 7.05 Å². The number of aryl methyl sites for hydroxylation is 1. The third kappa shape index (κ3) is 2.37. The van der Waals surface area contributed by atoms with E-state index < -0.39 is 0 Å². The molecule has 3 rings (SSSR count). The van der Waals surface area contributed by atoms with Crippen molar-refractivity contribution in [1.82, 2.24) is 9.78 Å². The lowest BCUT2D eigenvalue weighted by molar-refractivity contribution is -0.116. The Bertz CT molecular complexity index is 607. The number of carbonyl (C=O) groups excluding carboxylic acids is 1. The number of rotatable bonds is 2. The van der Waals surface area contributed by atoms with Crippen molar-refractivity contribution in [2.45, 2.75) is 6.04 Å². The van der Waals surface area contributed by atoms with E-state index in [-0.39, 0.29) is 11.9 Å².